The number of rotatable bonds is 7. The number of fused-ring (bicyclic) bond motifs is 1. The van der Waals surface area contributed by atoms with E-state index >= 15 is 0 Å². The number of piperazine rings is 1. The molecule has 1 heterocycles. The number of carbonyl (C=O) groups excluding carboxylic acids is 1. The van der Waals surface area contributed by atoms with Crippen molar-refractivity contribution in [3.05, 3.63) is 53.1 Å². The van der Waals surface area contributed by atoms with Crippen LogP contribution in [0.1, 0.15) is 42.9 Å². The maximum Gasteiger partial charge on any atom is 0.265 e. The van der Waals surface area contributed by atoms with Gasteiger partial charge in [-0.25, -0.2) is 8.42 Å². The summed E-state index contributed by atoms with van der Waals surface area (Å²) in [4.78, 5) is 15.4. The lowest BCUT2D eigenvalue weighted by Gasteiger charge is -2.32. The van der Waals surface area contributed by atoms with E-state index in [0.717, 1.165) is 12.8 Å². The Balaban J connectivity index is 1.48. The Morgan fingerprint density at radius 1 is 1.03 bits per heavy atom. The number of carbonyl (C=O) groups is 1. The Bertz CT molecular complexity index is 1140. The third kappa shape index (κ3) is 5.45. The van der Waals surface area contributed by atoms with Crippen molar-refractivity contribution < 1.29 is 17.9 Å². The van der Waals surface area contributed by atoms with Gasteiger partial charge in [0.2, 0.25) is 10.0 Å². The summed E-state index contributed by atoms with van der Waals surface area (Å²) in [5.41, 5.74) is 3.78. The Morgan fingerprint density at radius 2 is 1.74 bits per heavy atom. The van der Waals surface area contributed by atoms with Crippen LogP contribution in [0.4, 0.5) is 5.69 Å². The van der Waals surface area contributed by atoms with Gasteiger partial charge >= 0.3 is 0 Å². The molecule has 2 aromatic rings. The lowest BCUT2D eigenvalue weighted by molar-refractivity contribution is -0.122. The van der Waals surface area contributed by atoms with Crippen molar-refractivity contribution in [3.63, 3.8) is 0 Å². The van der Waals surface area contributed by atoms with Crippen LogP contribution in [-0.4, -0.2) is 62.9 Å². The molecule has 0 saturated carbocycles. The Labute approximate surface area is 203 Å². The molecule has 0 bridgehead atoms. The summed E-state index contributed by atoms with van der Waals surface area (Å²) in [7, 11) is -1.65. The van der Waals surface area contributed by atoms with Crippen molar-refractivity contribution in [2.75, 3.05) is 38.5 Å². The zero-order valence-corrected chi connectivity index (χ0v) is 21.2. The molecule has 2 aromatic carbocycles. The number of nitrogens with zero attached hydrogens (tertiary/aromatic N) is 2. The van der Waals surface area contributed by atoms with E-state index in [1.54, 1.807) is 25.1 Å². The van der Waals surface area contributed by atoms with Gasteiger partial charge in [0, 0.05) is 31.9 Å². The van der Waals surface area contributed by atoms with Crippen LogP contribution < -0.4 is 10.1 Å². The third-order valence-electron chi connectivity index (χ3n) is 6.80. The molecule has 1 aliphatic carbocycles. The molecule has 0 spiro atoms. The molecule has 1 saturated heterocycles. The topological polar surface area (TPSA) is 78.9 Å². The highest BCUT2D eigenvalue weighted by atomic mass is 32.2. The fraction of sp³-hybridized carbons (Fsp3) is 0.500. The fourth-order valence-electron chi connectivity index (χ4n) is 4.62. The summed E-state index contributed by atoms with van der Waals surface area (Å²) in [6.07, 6.45) is 4.38. The highest BCUT2D eigenvalue weighted by molar-refractivity contribution is 7.89. The number of nitrogens with one attached hydrogen (secondary N) is 1. The van der Waals surface area contributed by atoms with Gasteiger partial charge in [-0.2, -0.15) is 4.31 Å². The van der Waals surface area contributed by atoms with Crippen LogP contribution in [0.2, 0.25) is 0 Å². The quantitative estimate of drug-likeness (QED) is 0.648. The average molecular weight is 486 g/mol. The van der Waals surface area contributed by atoms with Crippen molar-refractivity contribution in [1.82, 2.24) is 9.21 Å². The van der Waals surface area contributed by atoms with Gasteiger partial charge < -0.3 is 15.0 Å². The number of ether oxygens (including phenoxy) is 1. The van der Waals surface area contributed by atoms with Crippen LogP contribution in [0.15, 0.2) is 41.3 Å². The van der Waals surface area contributed by atoms with E-state index < -0.39 is 16.1 Å². The number of aryl methyl sites for hydroxylation is 3. The highest BCUT2D eigenvalue weighted by Gasteiger charge is 2.29. The first-order chi connectivity index (χ1) is 16.3. The minimum Gasteiger partial charge on any atom is -0.481 e. The molecule has 1 N–H and O–H groups in total. The van der Waals surface area contributed by atoms with E-state index in [9.17, 15) is 13.2 Å². The molecule has 0 unspecified atom stereocenters. The lowest BCUT2D eigenvalue weighted by atomic mass is 9.92. The maximum absolute atomic E-state index is 13.3. The molecule has 1 atom stereocenters. The van der Waals surface area contributed by atoms with Crippen LogP contribution in [0.5, 0.6) is 5.75 Å². The first-order valence-corrected chi connectivity index (χ1v) is 13.6. The van der Waals surface area contributed by atoms with Crippen LogP contribution in [0, 0.1) is 6.92 Å². The molecule has 0 radical (unpaired) electrons. The predicted octanol–water partition coefficient (Wildman–Crippen LogP) is 3.61. The fourth-order valence-corrected chi connectivity index (χ4v) is 6.29. The number of sulfonamides is 1. The largest absolute Gasteiger partial charge is 0.481 e. The normalized spacial score (nSPS) is 18.2. The second-order valence-corrected chi connectivity index (χ2v) is 11.2. The standard InChI is InChI=1S/C26H35N3O4S/c1-4-24(33-23-12-10-20-7-5-6-8-21(20)17-23)26(30)27-22-11-9-19(2)25(18-22)34(31,32)29-15-13-28(3)14-16-29/h9-12,17-18,24H,4-8,13-16H2,1-3H3,(H,27,30)/t24-/m1/s1. The van der Waals surface area contributed by atoms with E-state index in [0.29, 0.717) is 49.6 Å². The molecule has 0 aromatic heterocycles. The van der Waals surface area contributed by atoms with Gasteiger partial charge in [-0.1, -0.05) is 19.1 Å². The van der Waals surface area contributed by atoms with Crippen LogP contribution >= 0.6 is 0 Å². The molecular weight excluding hydrogens is 450 g/mol. The lowest BCUT2D eigenvalue weighted by Crippen LogP contribution is -2.47. The molecule has 1 aliphatic heterocycles. The van der Waals surface area contributed by atoms with Gasteiger partial charge in [0.25, 0.3) is 5.91 Å². The Kier molecular flexibility index (Phi) is 7.60. The second kappa shape index (κ2) is 10.5. The molecule has 1 fully saturated rings. The van der Waals surface area contributed by atoms with Gasteiger partial charge in [-0.15, -0.1) is 0 Å². The number of anilines is 1. The molecule has 4 rings (SSSR count). The summed E-state index contributed by atoms with van der Waals surface area (Å²) >= 11 is 0. The predicted molar refractivity (Wildman–Crippen MR) is 134 cm³/mol. The zero-order chi connectivity index (χ0) is 24.3. The molecule has 184 valence electrons. The third-order valence-corrected chi connectivity index (χ3v) is 8.84. The summed E-state index contributed by atoms with van der Waals surface area (Å²) in [5.74, 6) is 0.414. The smallest absolute Gasteiger partial charge is 0.265 e. The molecular formula is C26H35N3O4S. The van der Waals surface area contributed by atoms with Gasteiger partial charge in [0.15, 0.2) is 6.10 Å². The van der Waals surface area contributed by atoms with Crippen molar-refractivity contribution in [3.8, 4) is 5.75 Å². The highest BCUT2D eigenvalue weighted by Crippen LogP contribution is 2.27. The van der Waals surface area contributed by atoms with Crippen molar-refractivity contribution in [2.24, 2.45) is 0 Å². The number of benzene rings is 2. The van der Waals surface area contributed by atoms with Crippen molar-refractivity contribution in [1.29, 1.82) is 0 Å². The minimum absolute atomic E-state index is 0.235. The molecule has 34 heavy (non-hydrogen) atoms. The average Bonchev–Trinajstić information content (AvgIpc) is 2.83. The summed E-state index contributed by atoms with van der Waals surface area (Å²) in [6, 6.07) is 11.1. The van der Waals surface area contributed by atoms with E-state index in [1.807, 2.05) is 20.0 Å². The minimum atomic E-state index is -3.63. The first kappa shape index (κ1) is 24.7. The van der Waals surface area contributed by atoms with Crippen LogP contribution in [-0.2, 0) is 27.7 Å². The van der Waals surface area contributed by atoms with Crippen molar-refractivity contribution >= 4 is 21.6 Å². The number of likely N-dealkylation sites (N-methyl/N-ethyl adjacent to an activating group) is 1. The van der Waals surface area contributed by atoms with E-state index in [1.165, 1.54) is 28.3 Å². The van der Waals surface area contributed by atoms with Crippen LogP contribution in [0.3, 0.4) is 0 Å². The summed E-state index contributed by atoms with van der Waals surface area (Å²) in [5, 5.41) is 2.87. The van der Waals surface area contributed by atoms with E-state index in [4.69, 9.17) is 4.74 Å². The number of amides is 1. The summed E-state index contributed by atoms with van der Waals surface area (Å²) < 4.78 is 34.1. The number of hydrogen-bond acceptors (Lipinski definition) is 5. The molecule has 2 aliphatic rings. The van der Waals surface area contributed by atoms with E-state index in [-0.39, 0.29) is 10.8 Å². The van der Waals surface area contributed by atoms with Gasteiger partial charge in [0.05, 0.1) is 4.90 Å². The van der Waals surface area contributed by atoms with Crippen molar-refractivity contribution in [2.45, 2.75) is 57.0 Å². The van der Waals surface area contributed by atoms with E-state index in [2.05, 4.69) is 22.3 Å². The first-order valence-electron chi connectivity index (χ1n) is 12.2. The van der Waals surface area contributed by atoms with Gasteiger partial charge in [0.1, 0.15) is 5.75 Å². The molecule has 1 amide bonds. The van der Waals surface area contributed by atoms with Gasteiger partial charge in [-0.3, -0.25) is 4.79 Å². The SMILES string of the molecule is CC[C@@H](Oc1ccc2c(c1)CCCC2)C(=O)Nc1ccc(C)c(S(=O)(=O)N2CCN(C)CC2)c1. The zero-order valence-electron chi connectivity index (χ0n) is 20.3. The maximum atomic E-state index is 13.3. The second-order valence-electron chi connectivity index (χ2n) is 9.33. The number of hydrogen-bond donors (Lipinski definition) is 1. The Hall–Kier alpha value is -2.42. The van der Waals surface area contributed by atoms with Gasteiger partial charge in [-0.05, 0) is 87.0 Å². The molecule has 7 nitrogen and oxygen atoms in total. The Morgan fingerprint density at radius 3 is 2.44 bits per heavy atom. The van der Waals surface area contributed by atoms with Crippen LogP contribution in [0.25, 0.3) is 0 Å². The molecule has 8 heteroatoms. The monoisotopic (exact) mass is 485 g/mol. The summed E-state index contributed by atoms with van der Waals surface area (Å²) in [6.45, 7) is 6.01.